The zero-order valence-electron chi connectivity index (χ0n) is 13.9. The lowest BCUT2D eigenvalue weighted by atomic mass is 10.1. The van der Waals surface area contributed by atoms with Gasteiger partial charge < -0.3 is 0 Å². The third kappa shape index (κ3) is 2.96. The lowest BCUT2D eigenvalue weighted by Crippen LogP contribution is -2.13. The quantitative estimate of drug-likeness (QED) is 0.625. The summed E-state index contributed by atoms with van der Waals surface area (Å²) < 4.78 is 1.89. The van der Waals surface area contributed by atoms with E-state index in [-0.39, 0.29) is 5.56 Å². The summed E-state index contributed by atoms with van der Waals surface area (Å²) in [6, 6.07) is 20.2. The van der Waals surface area contributed by atoms with Crippen molar-refractivity contribution in [3.05, 3.63) is 93.5 Å². The van der Waals surface area contributed by atoms with Crippen molar-refractivity contribution in [1.29, 1.82) is 0 Å². The summed E-state index contributed by atoms with van der Waals surface area (Å²) in [6.07, 6.45) is 0.647. The van der Waals surface area contributed by atoms with Gasteiger partial charge in [-0.05, 0) is 18.1 Å². The van der Waals surface area contributed by atoms with Crippen LogP contribution < -0.4 is 5.56 Å². The molecule has 0 atom stereocenters. The maximum Gasteiger partial charge on any atom is 0.275 e. The van der Waals surface area contributed by atoms with Gasteiger partial charge in [-0.2, -0.15) is 10.2 Å². The van der Waals surface area contributed by atoms with Crippen LogP contribution in [0.1, 0.15) is 22.5 Å². The Morgan fingerprint density at radius 2 is 1.60 bits per heavy atom. The molecule has 0 saturated carbocycles. The zero-order chi connectivity index (χ0) is 17.2. The lowest BCUT2D eigenvalue weighted by Gasteiger charge is -2.07. The fraction of sp³-hybridized carbons (Fsp3) is 0.150. The largest absolute Gasteiger partial charge is 0.275 e. The summed E-state index contributed by atoms with van der Waals surface area (Å²) in [4.78, 5) is 12.3. The number of hydrogen-bond acceptors (Lipinski definition) is 3. The SMILES string of the molecule is Cc1nn(Cc2ccccc2)c2c(Cc3ccccc3)n[nH]c(=O)c12. The molecule has 2 heterocycles. The molecule has 0 aliphatic heterocycles. The third-order valence-corrected chi connectivity index (χ3v) is 4.31. The number of nitrogens with one attached hydrogen (secondary N) is 1. The molecule has 0 aliphatic rings. The van der Waals surface area contributed by atoms with Gasteiger partial charge in [-0.1, -0.05) is 60.7 Å². The molecule has 1 N–H and O–H groups in total. The molecule has 0 saturated heterocycles. The molecule has 25 heavy (non-hydrogen) atoms. The number of aromatic amines is 1. The van der Waals surface area contributed by atoms with E-state index in [1.54, 1.807) is 0 Å². The van der Waals surface area contributed by atoms with E-state index in [2.05, 4.69) is 39.6 Å². The van der Waals surface area contributed by atoms with Crippen molar-refractivity contribution < 1.29 is 0 Å². The second-order valence-electron chi connectivity index (χ2n) is 6.11. The molecular formula is C20H18N4O. The van der Waals surface area contributed by atoms with Crippen molar-refractivity contribution in [2.24, 2.45) is 0 Å². The fourth-order valence-corrected chi connectivity index (χ4v) is 3.16. The van der Waals surface area contributed by atoms with Gasteiger partial charge in [0, 0.05) is 6.42 Å². The van der Waals surface area contributed by atoms with E-state index in [0.717, 1.165) is 28.0 Å². The van der Waals surface area contributed by atoms with Gasteiger partial charge in [0.1, 0.15) is 0 Å². The molecular weight excluding hydrogens is 312 g/mol. The molecule has 4 aromatic rings. The van der Waals surface area contributed by atoms with Gasteiger partial charge >= 0.3 is 0 Å². The second-order valence-corrected chi connectivity index (χ2v) is 6.11. The van der Waals surface area contributed by atoms with Crippen LogP contribution in [0.25, 0.3) is 10.9 Å². The van der Waals surface area contributed by atoms with Crippen LogP contribution in [0.5, 0.6) is 0 Å². The van der Waals surface area contributed by atoms with E-state index in [1.807, 2.05) is 48.0 Å². The molecule has 0 unspecified atom stereocenters. The fourth-order valence-electron chi connectivity index (χ4n) is 3.16. The Balaban J connectivity index is 1.86. The van der Waals surface area contributed by atoms with Crippen molar-refractivity contribution in [3.8, 4) is 0 Å². The topological polar surface area (TPSA) is 63.6 Å². The van der Waals surface area contributed by atoms with Crippen molar-refractivity contribution in [3.63, 3.8) is 0 Å². The first-order valence-electron chi connectivity index (χ1n) is 8.25. The lowest BCUT2D eigenvalue weighted by molar-refractivity contribution is 0.697. The van der Waals surface area contributed by atoms with Gasteiger partial charge in [0.2, 0.25) is 0 Å². The van der Waals surface area contributed by atoms with E-state index in [4.69, 9.17) is 0 Å². The summed E-state index contributed by atoms with van der Waals surface area (Å²) in [7, 11) is 0. The number of H-pyrrole nitrogens is 1. The molecule has 5 nitrogen and oxygen atoms in total. The predicted octanol–water partition coefficient (Wildman–Crippen LogP) is 3.07. The number of aromatic nitrogens is 4. The minimum absolute atomic E-state index is 0.191. The van der Waals surface area contributed by atoms with Crippen LogP contribution in [-0.2, 0) is 13.0 Å². The summed E-state index contributed by atoms with van der Waals surface area (Å²) in [5.41, 5.74) is 4.46. The Hall–Kier alpha value is -3.21. The minimum Gasteiger partial charge on any atom is -0.267 e. The minimum atomic E-state index is -0.191. The summed E-state index contributed by atoms with van der Waals surface area (Å²) in [6.45, 7) is 2.48. The summed E-state index contributed by atoms with van der Waals surface area (Å²) >= 11 is 0. The maximum absolute atomic E-state index is 12.3. The number of rotatable bonds is 4. The highest BCUT2D eigenvalue weighted by Crippen LogP contribution is 2.20. The molecule has 0 bridgehead atoms. The van der Waals surface area contributed by atoms with Crippen molar-refractivity contribution >= 4 is 10.9 Å². The van der Waals surface area contributed by atoms with E-state index in [9.17, 15) is 4.79 Å². The molecule has 0 radical (unpaired) electrons. The van der Waals surface area contributed by atoms with Crippen LogP contribution in [0.15, 0.2) is 65.5 Å². The molecule has 0 fully saturated rings. The van der Waals surface area contributed by atoms with Crippen LogP contribution in [0.4, 0.5) is 0 Å². The summed E-state index contributed by atoms with van der Waals surface area (Å²) in [5, 5.41) is 12.2. The standard InChI is InChI=1S/C20H18N4O/c1-14-18-19(24(23-14)13-16-10-6-3-7-11-16)17(21-22-20(18)25)12-15-8-4-2-5-9-15/h2-11H,12-13H2,1H3,(H,22,25). The van der Waals surface area contributed by atoms with Crippen molar-refractivity contribution in [2.45, 2.75) is 19.9 Å². The van der Waals surface area contributed by atoms with E-state index in [1.165, 1.54) is 0 Å². The first-order chi connectivity index (χ1) is 12.2. The van der Waals surface area contributed by atoms with Crippen LogP contribution in [0, 0.1) is 6.92 Å². The first kappa shape index (κ1) is 15.3. The molecule has 0 spiro atoms. The zero-order valence-corrected chi connectivity index (χ0v) is 13.9. The van der Waals surface area contributed by atoms with Crippen LogP contribution >= 0.6 is 0 Å². The number of hydrogen-bond donors (Lipinski definition) is 1. The Morgan fingerprint density at radius 3 is 2.28 bits per heavy atom. The Kier molecular flexibility index (Phi) is 3.90. The highest BCUT2D eigenvalue weighted by molar-refractivity contribution is 5.83. The monoisotopic (exact) mass is 330 g/mol. The molecule has 5 heteroatoms. The van der Waals surface area contributed by atoms with Gasteiger partial charge in [0.05, 0.1) is 28.8 Å². The smallest absolute Gasteiger partial charge is 0.267 e. The van der Waals surface area contributed by atoms with Crippen LogP contribution in [0.3, 0.4) is 0 Å². The number of benzene rings is 2. The van der Waals surface area contributed by atoms with Crippen LogP contribution in [-0.4, -0.2) is 20.0 Å². The maximum atomic E-state index is 12.3. The Morgan fingerprint density at radius 1 is 0.960 bits per heavy atom. The Labute approximate surface area is 144 Å². The van der Waals surface area contributed by atoms with Crippen molar-refractivity contribution in [1.82, 2.24) is 20.0 Å². The van der Waals surface area contributed by atoms with Crippen LogP contribution in [0.2, 0.25) is 0 Å². The molecule has 2 aromatic carbocycles. The van der Waals surface area contributed by atoms with Crippen molar-refractivity contribution in [2.75, 3.05) is 0 Å². The molecule has 4 rings (SSSR count). The second kappa shape index (κ2) is 6.36. The van der Waals surface area contributed by atoms with E-state index in [0.29, 0.717) is 18.4 Å². The highest BCUT2D eigenvalue weighted by atomic mass is 16.1. The van der Waals surface area contributed by atoms with Gasteiger partial charge in [-0.3, -0.25) is 9.48 Å². The van der Waals surface area contributed by atoms with Gasteiger partial charge in [-0.15, -0.1) is 0 Å². The van der Waals surface area contributed by atoms with Gasteiger partial charge in [0.15, 0.2) is 0 Å². The normalized spacial score (nSPS) is 11.1. The highest BCUT2D eigenvalue weighted by Gasteiger charge is 2.17. The molecule has 0 aliphatic carbocycles. The molecule has 124 valence electrons. The van der Waals surface area contributed by atoms with Gasteiger partial charge in [0.25, 0.3) is 5.56 Å². The predicted molar refractivity (Wildman–Crippen MR) is 97.7 cm³/mol. The Bertz CT molecular complexity index is 1070. The number of fused-ring (bicyclic) bond motifs is 1. The molecule has 0 amide bonds. The third-order valence-electron chi connectivity index (χ3n) is 4.31. The number of aryl methyl sites for hydroxylation is 1. The molecule has 2 aromatic heterocycles. The summed E-state index contributed by atoms with van der Waals surface area (Å²) in [5.74, 6) is 0. The van der Waals surface area contributed by atoms with E-state index >= 15 is 0 Å². The van der Waals surface area contributed by atoms with Gasteiger partial charge in [-0.25, -0.2) is 5.10 Å². The number of nitrogens with zero attached hydrogens (tertiary/aromatic N) is 3. The average molecular weight is 330 g/mol. The average Bonchev–Trinajstić information content (AvgIpc) is 2.96. The first-order valence-corrected chi connectivity index (χ1v) is 8.25. The van der Waals surface area contributed by atoms with E-state index < -0.39 is 0 Å².